The van der Waals surface area contributed by atoms with Crippen LogP contribution in [0.25, 0.3) is 45.7 Å². The van der Waals surface area contributed by atoms with Gasteiger partial charge in [-0.15, -0.1) is 0 Å². The van der Waals surface area contributed by atoms with Crippen molar-refractivity contribution < 1.29 is 38.3 Å². The number of aliphatic carboxylic acids is 2. The molecule has 4 heterocycles. The van der Waals surface area contributed by atoms with Crippen LogP contribution < -0.4 is 9.47 Å². The van der Waals surface area contributed by atoms with Gasteiger partial charge in [0.15, 0.2) is 0 Å². The summed E-state index contributed by atoms with van der Waals surface area (Å²) in [6.45, 7) is 8.04. The Labute approximate surface area is 347 Å². The van der Waals surface area contributed by atoms with Crippen molar-refractivity contribution in [2.75, 3.05) is 26.2 Å². The first-order chi connectivity index (χ1) is 29.1. The molecule has 14 heteroatoms. The molecule has 60 heavy (non-hydrogen) atoms. The fourth-order valence-corrected chi connectivity index (χ4v) is 7.01. The Morgan fingerprint density at radius 3 is 1.45 bits per heavy atom. The SMILES string of the molecule is CC[C@H](C)Oc1ccc(-c2nc(-c3ccc(CN4CC(C(=O)O)C4)cc3)no2)cc1.O=C(O)C1CN(Cc2ccc(-c3noc(-c4ccc(OC5CCC5)cc4)n3)cc2)C1. The summed E-state index contributed by atoms with van der Waals surface area (Å²) >= 11 is 0. The van der Waals surface area contributed by atoms with Gasteiger partial charge in [0.05, 0.1) is 24.0 Å². The first-order valence-electron chi connectivity index (χ1n) is 20.5. The predicted molar refractivity (Wildman–Crippen MR) is 222 cm³/mol. The fraction of sp³-hybridized carbons (Fsp3) is 0.348. The van der Waals surface area contributed by atoms with Crippen LogP contribution in [0.2, 0.25) is 0 Å². The molecule has 6 aromatic rings. The van der Waals surface area contributed by atoms with Gasteiger partial charge in [-0.05, 0) is 92.3 Å². The highest BCUT2D eigenvalue weighted by molar-refractivity contribution is 5.72. The Hall–Kier alpha value is -6.38. The lowest BCUT2D eigenvalue weighted by Crippen LogP contribution is -2.49. The molecule has 310 valence electrons. The molecule has 2 aliphatic heterocycles. The van der Waals surface area contributed by atoms with E-state index in [4.69, 9.17) is 28.7 Å². The molecule has 3 fully saturated rings. The van der Waals surface area contributed by atoms with Gasteiger partial charge in [0, 0.05) is 61.5 Å². The average molecular weight is 813 g/mol. The minimum atomic E-state index is -0.716. The van der Waals surface area contributed by atoms with E-state index in [2.05, 4.69) is 37.0 Å². The third kappa shape index (κ3) is 9.89. The second kappa shape index (κ2) is 18.3. The van der Waals surface area contributed by atoms with Gasteiger partial charge in [0.1, 0.15) is 11.5 Å². The molecule has 0 bridgehead atoms. The Morgan fingerprint density at radius 2 is 1.07 bits per heavy atom. The van der Waals surface area contributed by atoms with Crippen LogP contribution in [-0.4, -0.2) is 90.6 Å². The summed E-state index contributed by atoms with van der Waals surface area (Å²) in [7, 11) is 0. The maximum atomic E-state index is 10.9. The number of likely N-dealkylation sites (tertiary alicyclic amines) is 2. The van der Waals surface area contributed by atoms with Crippen LogP contribution in [0.5, 0.6) is 11.5 Å². The number of rotatable bonds is 15. The summed E-state index contributed by atoms with van der Waals surface area (Å²) in [5.41, 5.74) is 5.71. The molecule has 9 rings (SSSR count). The van der Waals surface area contributed by atoms with Crippen LogP contribution in [0, 0.1) is 11.8 Å². The lowest BCUT2D eigenvalue weighted by atomic mass is 9.96. The molecule has 2 N–H and O–H groups in total. The maximum Gasteiger partial charge on any atom is 0.309 e. The molecule has 0 amide bonds. The second-order valence-electron chi connectivity index (χ2n) is 15.8. The number of ether oxygens (including phenoxy) is 2. The van der Waals surface area contributed by atoms with Gasteiger partial charge >= 0.3 is 11.9 Å². The Kier molecular flexibility index (Phi) is 12.3. The maximum absolute atomic E-state index is 10.9. The molecule has 14 nitrogen and oxygen atoms in total. The summed E-state index contributed by atoms with van der Waals surface area (Å²) in [4.78, 5) is 35.1. The lowest BCUT2D eigenvalue weighted by molar-refractivity contribution is -0.148. The smallest absolute Gasteiger partial charge is 0.309 e. The third-order valence-electron chi connectivity index (χ3n) is 11.2. The quantitative estimate of drug-likeness (QED) is 0.102. The van der Waals surface area contributed by atoms with Crippen LogP contribution in [0.3, 0.4) is 0 Å². The van der Waals surface area contributed by atoms with Crippen molar-refractivity contribution >= 4 is 11.9 Å². The van der Waals surface area contributed by atoms with Crippen LogP contribution in [-0.2, 0) is 22.7 Å². The monoisotopic (exact) mass is 812 g/mol. The summed E-state index contributed by atoms with van der Waals surface area (Å²) in [5, 5.41) is 26.1. The van der Waals surface area contributed by atoms with Gasteiger partial charge < -0.3 is 28.7 Å². The minimum Gasteiger partial charge on any atom is -0.491 e. The largest absolute Gasteiger partial charge is 0.491 e. The normalized spacial score (nSPS) is 16.4. The molecule has 0 unspecified atom stereocenters. The molecule has 4 aromatic carbocycles. The fourth-order valence-electron chi connectivity index (χ4n) is 7.01. The summed E-state index contributed by atoms with van der Waals surface area (Å²) < 4.78 is 22.6. The molecule has 0 radical (unpaired) electrons. The van der Waals surface area contributed by atoms with Crippen molar-refractivity contribution in [1.82, 2.24) is 30.1 Å². The van der Waals surface area contributed by atoms with Gasteiger partial charge in [-0.25, -0.2) is 0 Å². The van der Waals surface area contributed by atoms with Crippen molar-refractivity contribution in [2.24, 2.45) is 11.8 Å². The van der Waals surface area contributed by atoms with Crippen LogP contribution in [0.4, 0.5) is 0 Å². The lowest BCUT2D eigenvalue weighted by Gasteiger charge is -2.36. The van der Waals surface area contributed by atoms with Gasteiger partial charge in [0.25, 0.3) is 11.8 Å². The standard InChI is InChI=1S/C23H23N3O4.C23H25N3O4/c27-23(28)18-13-26(14-18)12-15-4-6-16(7-5-15)21-24-22(30-25-21)17-8-10-20(11-9-17)29-19-2-1-3-19;1-3-15(2)29-20-10-8-18(9-11-20)22-24-21(25-30-22)17-6-4-16(5-7-17)12-26-13-19(14-26)23(27)28/h4-11,18-19H,1-3,12-14H2,(H,27,28);4-11,15,19H,3,12-14H2,1-2H3,(H,27,28)/t;15-/m.0/s1. The molecule has 2 aromatic heterocycles. The van der Waals surface area contributed by atoms with Crippen LogP contribution >= 0.6 is 0 Å². The van der Waals surface area contributed by atoms with Gasteiger partial charge in [-0.2, -0.15) is 9.97 Å². The highest BCUT2D eigenvalue weighted by Crippen LogP contribution is 2.30. The molecular formula is C46H48N6O8. The summed E-state index contributed by atoms with van der Waals surface area (Å²) in [6, 6.07) is 31.3. The van der Waals surface area contributed by atoms with E-state index in [1.807, 2.05) is 104 Å². The Balaban J connectivity index is 0.000000166. The minimum absolute atomic E-state index is 0.175. The number of carboxylic acid groups (broad SMARTS) is 2. The van der Waals surface area contributed by atoms with Crippen LogP contribution in [0.1, 0.15) is 50.7 Å². The number of carbonyl (C=O) groups is 2. The van der Waals surface area contributed by atoms with E-state index in [9.17, 15) is 9.59 Å². The number of carboxylic acids is 2. The Bertz CT molecular complexity index is 2190. The van der Waals surface area contributed by atoms with E-state index in [0.29, 0.717) is 55.7 Å². The van der Waals surface area contributed by atoms with Crippen LogP contribution in [0.15, 0.2) is 106 Å². The highest BCUT2D eigenvalue weighted by atomic mass is 16.5. The predicted octanol–water partition coefficient (Wildman–Crippen LogP) is 7.95. The van der Waals surface area contributed by atoms with E-state index < -0.39 is 11.9 Å². The number of benzene rings is 4. The van der Waals surface area contributed by atoms with E-state index in [1.54, 1.807) is 0 Å². The second-order valence-corrected chi connectivity index (χ2v) is 15.8. The molecule has 0 spiro atoms. The topological polar surface area (TPSA) is 177 Å². The molecule has 3 aliphatic rings. The zero-order valence-corrected chi connectivity index (χ0v) is 33.6. The molecule has 1 saturated carbocycles. The highest BCUT2D eigenvalue weighted by Gasteiger charge is 2.33. The molecule has 2 saturated heterocycles. The van der Waals surface area contributed by atoms with Gasteiger partial charge in [-0.1, -0.05) is 65.8 Å². The first-order valence-corrected chi connectivity index (χ1v) is 20.5. The molecule has 1 atom stereocenters. The number of hydrogen-bond donors (Lipinski definition) is 2. The third-order valence-corrected chi connectivity index (χ3v) is 11.2. The summed E-state index contributed by atoms with van der Waals surface area (Å²) in [6.07, 6.45) is 5.00. The number of nitrogens with zero attached hydrogens (tertiary/aromatic N) is 6. The van der Waals surface area contributed by atoms with Gasteiger partial charge in [0.2, 0.25) is 11.6 Å². The zero-order valence-electron chi connectivity index (χ0n) is 33.6. The van der Waals surface area contributed by atoms with Crippen molar-refractivity contribution in [3.8, 4) is 57.2 Å². The van der Waals surface area contributed by atoms with E-state index in [-0.39, 0.29) is 17.9 Å². The molecular weight excluding hydrogens is 765 g/mol. The average Bonchev–Trinajstić information content (AvgIpc) is 3.91. The van der Waals surface area contributed by atoms with Crippen molar-refractivity contribution in [3.63, 3.8) is 0 Å². The van der Waals surface area contributed by atoms with Crippen molar-refractivity contribution in [3.05, 3.63) is 108 Å². The number of hydrogen-bond acceptors (Lipinski definition) is 12. The van der Waals surface area contributed by atoms with Crippen molar-refractivity contribution in [1.29, 1.82) is 0 Å². The van der Waals surface area contributed by atoms with E-state index in [1.165, 1.54) is 6.42 Å². The van der Waals surface area contributed by atoms with E-state index in [0.717, 1.165) is 77.2 Å². The van der Waals surface area contributed by atoms with Gasteiger partial charge in [-0.3, -0.25) is 19.4 Å². The molecule has 1 aliphatic carbocycles. The number of aromatic nitrogens is 4. The Morgan fingerprint density at radius 1 is 0.650 bits per heavy atom. The summed E-state index contributed by atoms with van der Waals surface area (Å²) in [5.74, 6) is 1.80. The first kappa shape index (κ1) is 40.4. The van der Waals surface area contributed by atoms with E-state index >= 15 is 0 Å². The van der Waals surface area contributed by atoms with Crippen molar-refractivity contribution in [2.45, 2.75) is 64.8 Å². The zero-order chi connectivity index (χ0) is 41.6.